The van der Waals surface area contributed by atoms with Crippen molar-refractivity contribution in [2.75, 3.05) is 0 Å². The van der Waals surface area contributed by atoms with Crippen LogP contribution < -0.4 is 0 Å². The fourth-order valence-corrected chi connectivity index (χ4v) is 1.63. The van der Waals surface area contributed by atoms with Crippen molar-refractivity contribution in [3.63, 3.8) is 0 Å². The van der Waals surface area contributed by atoms with Crippen LogP contribution in [-0.2, 0) is 6.42 Å². The number of benzene rings is 1. The lowest BCUT2D eigenvalue weighted by Gasteiger charge is -2.12. The standard InChI is InChI=1S/C12H12/c1-2-10-7-5-8-11-6-3-4-9-12(10)11/h2-7,9H,8H2,1H3/b10-2+. The van der Waals surface area contributed by atoms with Crippen LogP contribution in [0.2, 0.25) is 0 Å². The van der Waals surface area contributed by atoms with Crippen LogP contribution in [-0.4, -0.2) is 0 Å². The van der Waals surface area contributed by atoms with Gasteiger partial charge in [-0.05, 0) is 30.0 Å². The molecule has 0 bridgehead atoms. The quantitative estimate of drug-likeness (QED) is 0.541. The van der Waals surface area contributed by atoms with Gasteiger partial charge in [-0.25, -0.2) is 0 Å². The maximum Gasteiger partial charge on any atom is -0.00880 e. The molecule has 2 rings (SSSR count). The lowest BCUT2D eigenvalue weighted by molar-refractivity contribution is 1.23. The van der Waals surface area contributed by atoms with Gasteiger partial charge in [-0.3, -0.25) is 0 Å². The molecule has 0 heteroatoms. The van der Waals surface area contributed by atoms with Crippen molar-refractivity contribution in [2.24, 2.45) is 0 Å². The molecule has 0 radical (unpaired) electrons. The Hall–Kier alpha value is -1.30. The zero-order valence-electron chi connectivity index (χ0n) is 7.25. The highest BCUT2D eigenvalue weighted by molar-refractivity contribution is 5.77. The Morgan fingerprint density at radius 1 is 1.25 bits per heavy atom. The fraction of sp³-hybridized carbons (Fsp3) is 0.167. The summed E-state index contributed by atoms with van der Waals surface area (Å²) in [4.78, 5) is 0. The fourth-order valence-electron chi connectivity index (χ4n) is 1.63. The molecule has 0 unspecified atom stereocenters. The van der Waals surface area contributed by atoms with Gasteiger partial charge in [0.1, 0.15) is 0 Å². The van der Waals surface area contributed by atoms with E-state index in [9.17, 15) is 0 Å². The number of allylic oxidation sites excluding steroid dienone is 4. The normalized spacial score (nSPS) is 17.9. The first-order valence-corrected chi connectivity index (χ1v) is 4.33. The first-order valence-electron chi connectivity index (χ1n) is 4.33. The molecule has 1 aliphatic carbocycles. The molecule has 0 amide bonds. The Bertz CT molecular complexity index is 343. The minimum atomic E-state index is 1.08. The summed E-state index contributed by atoms with van der Waals surface area (Å²) in [5.74, 6) is 0. The summed E-state index contributed by atoms with van der Waals surface area (Å²) in [7, 11) is 0. The monoisotopic (exact) mass is 156 g/mol. The number of hydrogen-bond acceptors (Lipinski definition) is 0. The summed E-state index contributed by atoms with van der Waals surface area (Å²) in [6, 6.07) is 8.59. The second kappa shape index (κ2) is 2.98. The van der Waals surface area contributed by atoms with E-state index >= 15 is 0 Å². The average molecular weight is 156 g/mol. The largest absolute Gasteiger partial charge is 0.0798 e. The Kier molecular flexibility index (Phi) is 1.83. The summed E-state index contributed by atoms with van der Waals surface area (Å²) >= 11 is 0. The molecule has 0 aliphatic heterocycles. The first kappa shape index (κ1) is 7.35. The molecule has 0 atom stereocenters. The van der Waals surface area contributed by atoms with E-state index in [1.807, 2.05) is 0 Å². The van der Waals surface area contributed by atoms with Crippen molar-refractivity contribution in [3.8, 4) is 0 Å². The van der Waals surface area contributed by atoms with Gasteiger partial charge in [0.05, 0.1) is 0 Å². The molecular weight excluding hydrogens is 144 g/mol. The summed E-state index contributed by atoms with van der Waals surface area (Å²) in [5, 5.41) is 0. The van der Waals surface area contributed by atoms with Gasteiger partial charge in [0.2, 0.25) is 0 Å². The van der Waals surface area contributed by atoms with Crippen LogP contribution in [0.5, 0.6) is 0 Å². The summed E-state index contributed by atoms with van der Waals surface area (Å²) in [5.41, 5.74) is 4.17. The Labute approximate surface area is 73.2 Å². The smallest absolute Gasteiger partial charge is 0.00880 e. The molecule has 0 N–H and O–H groups in total. The van der Waals surface area contributed by atoms with Crippen molar-refractivity contribution in [2.45, 2.75) is 13.3 Å². The Balaban J connectivity index is 2.58. The lowest BCUT2D eigenvalue weighted by atomic mass is 9.93. The number of rotatable bonds is 0. The van der Waals surface area contributed by atoms with Crippen molar-refractivity contribution in [1.29, 1.82) is 0 Å². The van der Waals surface area contributed by atoms with Crippen molar-refractivity contribution < 1.29 is 0 Å². The van der Waals surface area contributed by atoms with Crippen LogP contribution in [0.4, 0.5) is 0 Å². The minimum absolute atomic E-state index is 1.08. The minimum Gasteiger partial charge on any atom is -0.0798 e. The van der Waals surface area contributed by atoms with Gasteiger partial charge in [-0.1, -0.05) is 42.5 Å². The highest BCUT2D eigenvalue weighted by Crippen LogP contribution is 2.24. The molecule has 1 aliphatic rings. The van der Waals surface area contributed by atoms with Crippen LogP contribution >= 0.6 is 0 Å². The van der Waals surface area contributed by atoms with Gasteiger partial charge in [0.15, 0.2) is 0 Å². The third kappa shape index (κ3) is 1.10. The van der Waals surface area contributed by atoms with Gasteiger partial charge < -0.3 is 0 Å². The second-order valence-electron chi connectivity index (χ2n) is 3.01. The molecule has 1 aromatic carbocycles. The molecule has 0 aromatic heterocycles. The third-order valence-corrected chi connectivity index (χ3v) is 2.27. The average Bonchev–Trinajstić information content (AvgIpc) is 2.17. The van der Waals surface area contributed by atoms with Crippen molar-refractivity contribution >= 4 is 5.57 Å². The van der Waals surface area contributed by atoms with E-state index in [0.717, 1.165) is 6.42 Å². The Morgan fingerprint density at radius 3 is 2.92 bits per heavy atom. The van der Waals surface area contributed by atoms with Crippen molar-refractivity contribution in [3.05, 3.63) is 53.6 Å². The molecule has 0 fully saturated rings. The van der Waals surface area contributed by atoms with E-state index < -0.39 is 0 Å². The molecule has 60 valence electrons. The Morgan fingerprint density at radius 2 is 2.08 bits per heavy atom. The molecule has 1 aromatic rings. The van der Waals surface area contributed by atoms with E-state index in [-0.39, 0.29) is 0 Å². The molecule has 0 spiro atoms. The van der Waals surface area contributed by atoms with E-state index in [0.29, 0.717) is 0 Å². The van der Waals surface area contributed by atoms with Gasteiger partial charge in [0, 0.05) is 0 Å². The highest BCUT2D eigenvalue weighted by atomic mass is 14.1. The van der Waals surface area contributed by atoms with E-state index in [1.165, 1.54) is 16.7 Å². The molecule has 0 nitrogen and oxygen atoms in total. The predicted octanol–water partition coefficient (Wildman–Crippen LogP) is 3.20. The summed E-state index contributed by atoms with van der Waals surface area (Å²) < 4.78 is 0. The number of hydrogen-bond donors (Lipinski definition) is 0. The van der Waals surface area contributed by atoms with Crippen LogP contribution in [0.15, 0.2) is 42.5 Å². The highest BCUT2D eigenvalue weighted by Gasteiger charge is 2.06. The van der Waals surface area contributed by atoms with Crippen LogP contribution in [0.25, 0.3) is 5.57 Å². The van der Waals surface area contributed by atoms with Gasteiger partial charge in [0.25, 0.3) is 0 Å². The van der Waals surface area contributed by atoms with Crippen LogP contribution in [0, 0.1) is 0 Å². The van der Waals surface area contributed by atoms with E-state index in [1.54, 1.807) is 0 Å². The summed E-state index contributed by atoms with van der Waals surface area (Å²) in [6.07, 6.45) is 7.65. The maximum atomic E-state index is 2.22. The van der Waals surface area contributed by atoms with Gasteiger partial charge in [-0.15, -0.1) is 0 Å². The topological polar surface area (TPSA) is 0 Å². The molecule has 0 heterocycles. The predicted molar refractivity (Wildman–Crippen MR) is 52.9 cm³/mol. The van der Waals surface area contributed by atoms with Gasteiger partial charge in [-0.2, -0.15) is 0 Å². The molecule has 12 heavy (non-hydrogen) atoms. The summed E-state index contributed by atoms with van der Waals surface area (Å²) in [6.45, 7) is 2.09. The van der Waals surface area contributed by atoms with E-state index in [4.69, 9.17) is 0 Å². The molecular formula is C12H12. The zero-order valence-corrected chi connectivity index (χ0v) is 7.25. The van der Waals surface area contributed by atoms with Crippen LogP contribution in [0.1, 0.15) is 18.1 Å². The molecule has 0 saturated heterocycles. The van der Waals surface area contributed by atoms with Crippen LogP contribution in [0.3, 0.4) is 0 Å². The maximum absolute atomic E-state index is 2.22. The number of fused-ring (bicyclic) bond motifs is 1. The SMILES string of the molecule is C/C=C1\C=CCc2ccccc21. The lowest BCUT2D eigenvalue weighted by Crippen LogP contribution is -1.95. The van der Waals surface area contributed by atoms with Gasteiger partial charge >= 0.3 is 0 Å². The third-order valence-electron chi connectivity index (χ3n) is 2.27. The van der Waals surface area contributed by atoms with E-state index in [2.05, 4.69) is 49.4 Å². The second-order valence-corrected chi connectivity index (χ2v) is 3.01. The molecule has 0 saturated carbocycles. The first-order chi connectivity index (χ1) is 5.92. The zero-order chi connectivity index (χ0) is 8.39. The van der Waals surface area contributed by atoms with Crippen molar-refractivity contribution in [1.82, 2.24) is 0 Å².